The van der Waals surface area contributed by atoms with Crippen molar-refractivity contribution in [1.29, 1.82) is 0 Å². The van der Waals surface area contributed by atoms with E-state index in [2.05, 4.69) is 38.2 Å². The van der Waals surface area contributed by atoms with Crippen molar-refractivity contribution >= 4 is 56.5 Å². The minimum atomic E-state index is -0.215. The molecular formula is C13H13IN4OS. The lowest BCUT2D eigenvalue weighted by atomic mass is 10.3. The van der Waals surface area contributed by atoms with Crippen LogP contribution >= 0.6 is 33.9 Å². The van der Waals surface area contributed by atoms with Crippen LogP contribution in [0.25, 0.3) is 0 Å². The lowest BCUT2D eigenvalue weighted by molar-refractivity contribution is 0.103. The van der Waals surface area contributed by atoms with Crippen LogP contribution in [-0.4, -0.2) is 16.9 Å². The van der Waals surface area contributed by atoms with Gasteiger partial charge >= 0.3 is 0 Å². The number of nitrogens with zero attached hydrogens (tertiary/aromatic N) is 1. The smallest absolute Gasteiger partial charge is 0.269 e. The van der Waals surface area contributed by atoms with Gasteiger partial charge in [-0.1, -0.05) is 23.5 Å². The fraction of sp³-hybridized carbons (Fsp3) is 0.231. The van der Waals surface area contributed by atoms with E-state index in [0.717, 1.165) is 27.2 Å². The summed E-state index contributed by atoms with van der Waals surface area (Å²) in [6, 6.07) is 8.10. The van der Waals surface area contributed by atoms with Gasteiger partial charge in [0, 0.05) is 9.61 Å². The molecular weight excluding hydrogens is 387 g/mol. The molecule has 104 valence electrons. The average Bonchev–Trinajstić information content (AvgIpc) is 3.14. The second kappa shape index (κ2) is 5.57. The summed E-state index contributed by atoms with van der Waals surface area (Å²) < 4.78 is 0.984. The van der Waals surface area contributed by atoms with Crippen molar-refractivity contribution in [3.05, 3.63) is 32.7 Å². The summed E-state index contributed by atoms with van der Waals surface area (Å²) in [5.74, 6) is 0.0644. The average molecular weight is 400 g/mol. The van der Waals surface area contributed by atoms with Crippen LogP contribution in [0.5, 0.6) is 0 Å². The van der Waals surface area contributed by atoms with E-state index in [9.17, 15) is 4.79 Å². The van der Waals surface area contributed by atoms with Gasteiger partial charge in [-0.25, -0.2) is 4.98 Å². The predicted octanol–water partition coefficient (Wildman–Crippen LogP) is 3.16. The normalized spacial score (nSPS) is 14.1. The standard InChI is InChI=1S/C13H13IN4OS/c14-8-3-1-2-4-9(8)17-12(19)10-11(15)18-13(20-10)16-7-5-6-7/h1-4,7H,5-6,15H2,(H,16,18)(H,17,19). The molecule has 2 aromatic rings. The number of nitrogens with two attached hydrogens (primary N) is 1. The third-order valence-corrected chi connectivity index (χ3v) is 4.83. The zero-order chi connectivity index (χ0) is 14.1. The van der Waals surface area contributed by atoms with Crippen molar-refractivity contribution in [2.45, 2.75) is 18.9 Å². The zero-order valence-corrected chi connectivity index (χ0v) is 13.5. The number of hydrogen-bond acceptors (Lipinski definition) is 5. The maximum Gasteiger partial charge on any atom is 0.269 e. The molecule has 0 unspecified atom stereocenters. The summed E-state index contributed by atoms with van der Waals surface area (Å²) >= 11 is 3.48. The molecule has 4 N–H and O–H groups in total. The molecule has 0 spiro atoms. The summed E-state index contributed by atoms with van der Waals surface area (Å²) in [6.45, 7) is 0. The van der Waals surface area contributed by atoms with Crippen LogP contribution in [0.15, 0.2) is 24.3 Å². The molecule has 1 aliphatic carbocycles. The lowest BCUT2D eigenvalue weighted by Gasteiger charge is -2.05. The quantitative estimate of drug-likeness (QED) is 0.689. The van der Waals surface area contributed by atoms with Gasteiger partial charge in [-0.05, 0) is 47.6 Å². The van der Waals surface area contributed by atoms with Gasteiger partial charge in [-0.2, -0.15) is 0 Å². The van der Waals surface area contributed by atoms with Crippen LogP contribution < -0.4 is 16.4 Å². The molecule has 1 fully saturated rings. The van der Waals surface area contributed by atoms with E-state index in [0.29, 0.717) is 10.9 Å². The van der Waals surface area contributed by atoms with E-state index in [4.69, 9.17) is 5.73 Å². The first-order valence-electron chi connectivity index (χ1n) is 6.22. The van der Waals surface area contributed by atoms with Crippen LogP contribution in [-0.2, 0) is 0 Å². The molecule has 1 aliphatic rings. The highest BCUT2D eigenvalue weighted by Gasteiger charge is 2.24. The number of rotatable bonds is 4. The van der Waals surface area contributed by atoms with Gasteiger partial charge < -0.3 is 16.4 Å². The Morgan fingerprint density at radius 1 is 1.40 bits per heavy atom. The van der Waals surface area contributed by atoms with Crippen LogP contribution in [0.4, 0.5) is 16.6 Å². The van der Waals surface area contributed by atoms with Crippen molar-refractivity contribution in [2.24, 2.45) is 0 Å². The summed E-state index contributed by atoms with van der Waals surface area (Å²) in [4.78, 5) is 16.9. The van der Waals surface area contributed by atoms with Crippen molar-refractivity contribution in [2.75, 3.05) is 16.4 Å². The van der Waals surface area contributed by atoms with Crippen molar-refractivity contribution in [1.82, 2.24) is 4.98 Å². The second-order valence-corrected chi connectivity index (χ2v) is 6.75. The Kier molecular flexibility index (Phi) is 3.79. The SMILES string of the molecule is Nc1nc(NC2CC2)sc1C(=O)Nc1ccccc1I. The largest absolute Gasteiger partial charge is 0.382 e. The minimum absolute atomic E-state index is 0.215. The third kappa shape index (κ3) is 3.04. The van der Waals surface area contributed by atoms with E-state index in [1.54, 1.807) is 0 Å². The first-order chi connectivity index (χ1) is 9.63. The lowest BCUT2D eigenvalue weighted by Crippen LogP contribution is -2.12. The van der Waals surface area contributed by atoms with Gasteiger partial charge in [0.15, 0.2) is 5.13 Å². The number of para-hydroxylation sites is 1. The molecule has 3 rings (SSSR count). The van der Waals surface area contributed by atoms with Crippen molar-refractivity contribution in [3.63, 3.8) is 0 Å². The Labute approximate surface area is 134 Å². The third-order valence-electron chi connectivity index (χ3n) is 2.89. The highest BCUT2D eigenvalue weighted by atomic mass is 127. The van der Waals surface area contributed by atoms with Crippen molar-refractivity contribution < 1.29 is 4.79 Å². The zero-order valence-electron chi connectivity index (χ0n) is 10.5. The van der Waals surface area contributed by atoms with Crippen molar-refractivity contribution in [3.8, 4) is 0 Å². The molecule has 20 heavy (non-hydrogen) atoms. The molecule has 0 atom stereocenters. The minimum Gasteiger partial charge on any atom is -0.382 e. The topological polar surface area (TPSA) is 80.0 Å². The van der Waals surface area contributed by atoms with Gasteiger partial charge in [0.1, 0.15) is 10.7 Å². The van der Waals surface area contributed by atoms with E-state index >= 15 is 0 Å². The van der Waals surface area contributed by atoms with Crippen LogP contribution in [0, 0.1) is 3.57 Å². The Hall–Kier alpha value is -1.35. The molecule has 1 amide bonds. The predicted molar refractivity (Wildman–Crippen MR) is 90.3 cm³/mol. The van der Waals surface area contributed by atoms with Gasteiger partial charge in [-0.3, -0.25) is 4.79 Å². The molecule has 1 saturated carbocycles. The number of carbonyl (C=O) groups is 1. The number of hydrogen-bond donors (Lipinski definition) is 3. The molecule has 0 radical (unpaired) electrons. The van der Waals surface area contributed by atoms with Gasteiger partial charge in [-0.15, -0.1) is 0 Å². The van der Waals surface area contributed by atoms with Crippen LogP contribution in [0.1, 0.15) is 22.5 Å². The number of anilines is 3. The number of thiazole rings is 1. The fourth-order valence-electron chi connectivity index (χ4n) is 1.70. The first kappa shape index (κ1) is 13.6. The maximum atomic E-state index is 12.3. The van der Waals surface area contributed by atoms with Crippen LogP contribution in [0.2, 0.25) is 0 Å². The molecule has 0 bridgehead atoms. The monoisotopic (exact) mass is 400 g/mol. The summed E-state index contributed by atoms with van der Waals surface area (Å²) in [5.41, 5.74) is 6.61. The number of nitrogen functional groups attached to an aromatic ring is 1. The Morgan fingerprint density at radius 2 is 2.15 bits per heavy atom. The number of halogens is 1. The molecule has 1 aromatic carbocycles. The molecule has 5 nitrogen and oxygen atoms in total. The number of nitrogens with one attached hydrogen (secondary N) is 2. The molecule has 0 saturated heterocycles. The van der Waals surface area contributed by atoms with Gasteiger partial charge in [0.2, 0.25) is 0 Å². The molecule has 7 heteroatoms. The molecule has 0 aliphatic heterocycles. The summed E-state index contributed by atoms with van der Waals surface area (Å²) in [5, 5.41) is 6.84. The number of carbonyl (C=O) groups excluding carboxylic acids is 1. The summed E-state index contributed by atoms with van der Waals surface area (Å²) in [7, 11) is 0. The fourth-order valence-corrected chi connectivity index (χ4v) is 3.08. The van der Waals surface area contributed by atoms with E-state index < -0.39 is 0 Å². The molecule has 1 heterocycles. The van der Waals surface area contributed by atoms with E-state index in [1.165, 1.54) is 11.3 Å². The van der Waals surface area contributed by atoms with E-state index in [-0.39, 0.29) is 11.7 Å². The van der Waals surface area contributed by atoms with Crippen LogP contribution in [0.3, 0.4) is 0 Å². The summed E-state index contributed by atoms with van der Waals surface area (Å²) in [6.07, 6.45) is 2.31. The first-order valence-corrected chi connectivity index (χ1v) is 8.12. The highest BCUT2D eigenvalue weighted by Crippen LogP contribution is 2.31. The Bertz CT molecular complexity index is 654. The Balaban J connectivity index is 1.76. The van der Waals surface area contributed by atoms with E-state index in [1.807, 2.05) is 24.3 Å². The second-order valence-electron chi connectivity index (χ2n) is 4.59. The van der Waals surface area contributed by atoms with Gasteiger partial charge in [0.25, 0.3) is 5.91 Å². The number of benzene rings is 1. The Morgan fingerprint density at radius 3 is 2.85 bits per heavy atom. The number of aromatic nitrogens is 1. The maximum absolute atomic E-state index is 12.3. The molecule has 1 aromatic heterocycles. The number of amides is 1. The van der Waals surface area contributed by atoms with Gasteiger partial charge in [0.05, 0.1) is 5.69 Å². The highest BCUT2D eigenvalue weighted by molar-refractivity contribution is 14.1.